The van der Waals surface area contributed by atoms with Gasteiger partial charge in [0.2, 0.25) is 0 Å². The summed E-state index contributed by atoms with van der Waals surface area (Å²) >= 11 is 0. The van der Waals surface area contributed by atoms with Crippen molar-refractivity contribution in [3.05, 3.63) is 24.3 Å². The van der Waals surface area contributed by atoms with E-state index >= 15 is 0 Å². The molecule has 0 spiro atoms. The fraction of sp³-hybridized carbons (Fsp3) is 0.667. The maximum absolute atomic E-state index is 5.60. The van der Waals surface area contributed by atoms with Crippen molar-refractivity contribution in [2.45, 2.75) is 31.8 Å². The summed E-state index contributed by atoms with van der Waals surface area (Å²) < 4.78 is 11.1. The molecule has 0 heterocycles. The van der Waals surface area contributed by atoms with E-state index in [0.717, 1.165) is 19.4 Å². The highest BCUT2D eigenvalue weighted by molar-refractivity contribution is 5.18. The van der Waals surface area contributed by atoms with E-state index in [1.54, 1.807) is 7.11 Å². The smallest absolute Gasteiger partial charge is 0.113 e. The van der Waals surface area contributed by atoms with Gasteiger partial charge in [0, 0.05) is 20.1 Å². The van der Waals surface area contributed by atoms with Crippen LogP contribution in [0, 0.1) is 0 Å². The van der Waals surface area contributed by atoms with E-state index in [4.69, 9.17) is 9.47 Å². The van der Waals surface area contributed by atoms with E-state index in [1.807, 2.05) is 12.2 Å². The lowest BCUT2D eigenvalue weighted by Gasteiger charge is -2.29. The Labute approximate surface area is 86.6 Å². The number of unbranched alkanes of at least 4 members (excludes halogenated alkanes) is 1. The van der Waals surface area contributed by atoms with E-state index in [-0.39, 0.29) is 5.60 Å². The first-order valence-electron chi connectivity index (χ1n) is 5.30. The fourth-order valence-corrected chi connectivity index (χ4v) is 1.45. The highest BCUT2D eigenvalue weighted by Crippen LogP contribution is 2.22. The van der Waals surface area contributed by atoms with Crippen LogP contribution >= 0.6 is 0 Å². The Morgan fingerprint density at radius 1 is 1.36 bits per heavy atom. The van der Waals surface area contributed by atoms with Crippen LogP contribution in [-0.4, -0.2) is 25.9 Å². The van der Waals surface area contributed by atoms with Crippen LogP contribution in [0.2, 0.25) is 0 Å². The summed E-state index contributed by atoms with van der Waals surface area (Å²) in [7, 11) is 1.74. The average molecular weight is 196 g/mol. The number of allylic oxidation sites excluding steroid dienone is 2. The van der Waals surface area contributed by atoms with Gasteiger partial charge in [-0.25, -0.2) is 0 Å². The maximum atomic E-state index is 5.60. The van der Waals surface area contributed by atoms with Crippen molar-refractivity contribution in [3.63, 3.8) is 0 Å². The molecule has 2 nitrogen and oxygen atoms in total. The van der Waals surface area contributed by atoms with Gasteiger partial charge in [-0.05, 0) is 6.42 Å². The Kier molecular flexibility index (Phi) is 4.91. The van der Waals surface area contributed by atoms with Crippen LogP contribution < -0.4 is 0 Å². The van der Waals surface area contributed by atoms with E-state index in [0.29, 0.717) is 6.61 Å². The first-order valence-corrected chi connectivity index (χ1v) is 5.30. The Morgan fingerprint density at radius 2 is 2.21 bits per heavy atom. The van der Waals surface area contributed by atoms with Gasteiger partial charge in [0.15, 0.2) is 0 Å². The van der Waals surface area contributed by atoms with Gasteiger partial charge in [0.25, 0.3) is 0 Å². The van der Waals surface area contributed by atoms with Gasteiger partial charge in [-0.3, -0.25) is 0 Å². The lowest BCUT2D eigenvalue weighted by molar-refractivity contribution is -0.0423. The molecule has 0 N–H and O–H groups in total. The van der Waals surface area contributed by atoms with Crippen LogP contribution in [0.15, 0.2) is 24.3 Å². The maximum Gasteiger partial charge on any atom is 0.113 e. The van der Waals surface area contributed by atoms with Crippen molar-refractivity contribution in [1.82, 2.24) is 0 Å². The minimum Gasteiger partial charge on any atom is -0.378 e. The van der Waals surface area contributed by atoms with E-state index in [1.165, 1.54) is 6.42 Å². The summed E-state index contributed by atoms with van der Waals surface area (Å²) in [6.45, 7) is 3.65. The lowest BCUT2D eigenvalue weighted by Crippen LogP contribution is -2.35. The van der Waals surface area contributed by atoms with Crippen LogP contribution in [-0.2, 0) is 9.47 Å². The zero-order valence-corrected chi connectivity index (χ0v) is 9.16. The third-order valence-corrected chi connectivity index (χ3v) is 2.51. The molecule has 1 rings (SSSR count). The monoisotopic (exact) mass is 196 g/mol. The molecule has 0 aromatic heterocycles. The standard InChI is InChI=1S/C12H20O2/c1-3-4-10-14-11-12(13-2)8-6-5-7-9-12/h5-8H,3-4,9-11H2,1-2H3. The number of hydrogen-bond acceptors (Lipinski definition) is 2. The second-order valence-electron chi connectivity index (χ2n) is 3.67. The second-order valence-corrected chi connectivity index (χ2v) is 3.67. The minimum absolute atomic E-state index is 0.220. The molecule has 1 unspecified atom stereocenters. The molecule has 0 saturated heterocycles. The highest BCUT2D eigenvalue weighted by atomic mass is 16.5. The zero-order chi connectivity index (χ0) is 10.3. The fourth-order valence-electron chi connectivity index (χ4n) is 1.45. The molecule has 0 bridgehead atoms. The molecule has 0 aromatic carbocycles. The first-order chi connectivity index (χ1) is 6.83. The Bertz CT molecular complexity index is 208. The summed E-state index contributed by atoms with van der Waals surface area (Å²) in [6, 6.07) is 0. The van der Waals surface area contributed by atoms with Crippen LogP contribution in [0.1, 0.15) is 26.2 Å². The highest BCUT2D eigenvalue weighted by Gasteiger charge is 2.26. The number of ether oxygens (including phenoxy) is 2. The van der Waals surface area contributed by atoms with Gasteiger partial charge in [0.05, 0.1) is 6.61 Å². The van der Waals surface area contributed by atoms with Crippen LogP contribution in [0.25, 0.3) is 0 Å². The SMILES string of the molecule is CCCCOCC1(OC)C=CC=CC1. The number of hydrogen-bond donors (Lipinski definition) is 0. The molecule has 1 aliphatic rings. The summed E-state index contributed by atoms with van der Waals surface area (Å²) in [6.07, 6.45) is 11.5. The predicted octanol–water partition coefficient (Wildman–Crippen LogP) is 2.70. The molecule has 2 heteroatoms. The summed E-state index contributed by atoms with van der Waals surface area (Å²) in [4.78, 5) is 0. The zero-order valence-electron chi connectivity index (χ0n) is 9.16. The van der Waals surface area contributed by atoms with Gasteiger partial charge in [-0.15, -0.1) is 0 Å². The van der Waals surface area contributed by atoms with Crippen LogP contribution in [0.4, 0.5) is 0 Å². The van der Waals surface area contributed by atoms with Gasteiger partial charge >= 0.3 is 0 Å². The van der Waals surface area contributed by atoms with E-state index < -0.39 is 0 Å². The molecule has 0 radical (unpaired) electrons. The topological polar surface area (TPSA) is 18.5 Å². The lowest BCUT2D eigenvalue weighted by atomic mass is 9.96. The summed E-state index contributed by atoms with van der Waals surface area (Å²) in [5.41, 5.74) is -0.220. The summed E-state index contributed by atoms with van der Waals surface area (Å²) in [5.74, 6) is 0. The van der Waals surface area contributed by atoms with Gasteiger partial charge in [-0.1, -0.05) is 37.6 Å². The van der Waals surface area contributed by atoms with Crippen LogP contribution in [0.3, 0.4) is 0 Å². The van der Waals surface area contributed by atoms with Gasteiger partial charge in [0.1, 0.15) is 5.60 Å². The molecule has 1 aliphatic carbocycles. The molecule has 0 amide bonds. The Hall–Kier alpha value is -0.600. The van der Waals surface area contributed by atoms with Crippen molar-refractivity contribution in [2.75, 3.05) is 20.3 Å². The third kappa shape index (κ3) is 3.28. The molecule has 0 aromatic rings. The van der Waals surface area contributed by atoms with Crippen molar-refractivity contribution in [1.29, 1.82) is 0 Å². The quantitative estimate of drug-likeness (QED) is 0.608. The molecular weight excluding hydrogens is 176 g/mol. The largest absolute Gasteiger partial charge is 0.378 e. The van der Waals surface area contributed by atoms with Crippen molar-refractivity contribution >= 4 is 0 Å². The first kappa shape index (κ1) is 11.5. The minimum atomic E-state index is -0.220. The summed E-state index contributed by atoms with van der Waals surface area (Å²) in [5, 5.41) is 0. The molecule has 0 aliphatic heterocycles. The number of methoxy groups -OCH3 is 1. The van der Waals surface area contributed by atoms with Crippen LogP contribution in [0.5, 0.6) is 0 Å². The van der Waals surface area contributed by atoms with Gasteiger partial charge in [-0.2, -0.15) is 0 Å². The van der Waals surface area contributed by atoms with Crippen molar-refractivity contribution in [2.24, 2.45) is 0 Å². The number of rotatable bonds is 6. The predicted molar refractivity (Wildman–Crippen MR) is 58.4 cm³/mol. The average Bonchev–Trinajstić information content (AvgIpc) is 2.26. The molecule has 14 heavy (non-hydrogen) atoms. The third-order valence-electron chi connectivity index (χ3n) is 2.51. The molecule has 1 atom stereocenters. The van der Waals surface area contributed by atoms with Crippen molar-refractivity contribution in [3.8, 4) is 0 Å². The molecule has 0 saturated carbocycles. The molecule has 80 valence electrons. The Balaban J connectivity index is 2.31. The molecule has 0 fully saturated rings. The van der Waals surface area contributed by atoms with E-state index in [2.05, 4.69) is 19.1 Å². The van der Waals surface area contributed by atoms with Crippen molar-refractivity contribution < 1.29 is 9.47 Å². The second kappa shape index (κ2) is 5.99. The molecular formula is C12H20O2. The normalized spacial score (nSPS) is 25.6. The Morgan fingerprint density at radius 3 is 2.79 bits per heavy atom. The van der Waals surface area contributed by atoms with Gasteiger partial charge < -0.3 is 9.47 Å². The van der Waals surface area contributed by atoms with E-state index in [9.17, 15) is 0 Å².